The van der Waals surface area contributed by atoms with Crippen LogP contribution in [0.15, 0.2) is 18.2 Å². The first kappa shape index (κ1) is 8.21. The van der Waals surface area contributed by atoms with Gasteiger partial charge in [0.25, 0.3) is 0 Å². The molecule has 1 N–H and O–H groups in total. The third-order valence-corrected chi connectivity index (χ3v) is 1.68. The Morgan fingerprint density at radius 3 is 2.55 bits per heavy atom. The number of hydrogen-bond acceptors (Lipinski definition) is 1. The smallest absolute Gasteiger partial charge is 0.126 e. The van der Waals surface area contributed by atoms with Crippen LogP contribution in [0.4, 0.5) is 4.39 Å². The van der Waals surface area contributed by atoms with E-state index in [2.05, 4.69) is 0 Å². The molecule has 0 spiro atoms. The summed E-state index contributed by atoms with van der Waals surface area (Å²) < 4.78 is 12.8. The van der Waals surface area contributed by atoms with Crippen LogP contribution >= 0.6 is 0 Å². The largest absolute Gasteiger partial charge is 0.389 e. The summed E-state index contributed by atoms with van der Waals surface area (Å²) >= 11 is 0. The summed E-state index contributed by atoms with van der Waals surface area (Å²) in [6, 6.07) is 4.75. The van der Waals surface area contributed by atoms with Crippen molar-refractivity contribution in [2.75, 3.05) is 0 Å². The summed E-state index contributed by atoms with van der Waals surface area (Å²) in [5.41, 5.74) is 1.22. The molecular weight excluding hydrogens is 143 g/mol. The third-order valence-electron chi connectivity index (χ3n) is 1.68. The van der Waals surface area contributed by atoms with Crippen molar-refractivity contribution in [3.8, 4) is 0 Å². The number of aryl methyl sites for hydroxylation is 1. The normalized spacial score (nSPS) is 13.1. The summed E-state index contributed by atoms with van der Waals surface area (Å²) in [6.45, 7) is 3.31. The summed E-state index contributed by atoms with van der Waals surface area (Å²) in [5.74, 6) is -0.261. The number of aliphatic hydroxyl groups is 1. The molecular formula is C9H11FO. The first-order valence-corrected chi connectivity index (χ1v) is 3.55. The van der Waals surface area contributed by atoms with Crippen molar-refractivity contribution in [3.05, 3.63) is 35.1 Å². The molecule has 0 aliphatic rings. The number of halogens is 1. The molecule has 60 valence electrons. The molecule has 0 aromatic heterocycles. The second-order valence-corrected chi connectivity index (χ2v) is 2.68. The molecule has 0 fully saturated rings. The van der Waals surface area contributed by atoms with E-state index < -0.39 is 6.10 Å². The van der Waals surface area contributed by atoms with Gasteiger partial charge in [0.2, 0.25) is 0 Å². The van der Waals surface area contributed by atoms with Gasteiger partial charge in [0.1, 0.15) is 5.82 Å². The maximum Gasteiger partial charge on any atom is 0.126 e. The van der Waals surface area contributed by atoms with Crippen LogP contribution < -0.4 is 0 Å². The van der Waals surface area contributed by atoms with Gasteiger partial charge in [-0.15, -0.1) is 0 Å². The van der Waals surface area contributed by atoms with Gasteiger partial charge < -0.3 is 5.11 Å². The maximum absolute atomic E-state index is 12.8. The van der Waals surface area contributed by atoms with Gasteiger partial charge in [-0.1, -0.05) is 12.1 Å². The molecule has 0 aliphatic carbocycles. The van der Waals surface area contributed by atoms with Crippen LogP contribution in [0.1, 0.15) is 24.2 Å². The molecule has 0 saturated heterocycles. The summed E-state index contributed by atoms with van der Waals surface area (Å²) in [4.78, 5) is 0. The molecule has 0 aliphatic heterocycles. The number of hydrogen-bond donors (Lipinski definition) is 1. The highest BCUT2D eigenvalue weighted by Gasteiger charge is 2.02. The van der Waals surface area contributed by atoms with Crippen molar-refractivity contribution in [1.29, 1.82) is 0 Å². The summed E-state index contributed by atoms with van der Waals surface area (Å²) in [6.07, 6.45) is -0.593. The van der Waals surface area contributed by atoms with E-state index in [9.17, 15) is 4.39 Å². The van der Waals surface area contributed by atoms with Gasteiger partial charge in [0.15, 0.2) is 0 Å². The molecule has 0 saturated carbocycles. The Labute approximate surface area is 65.5 Å². The molecule has 0 bridgehead atoms. The molecule has 1 nitrogen and oxygen atoms in total. The number of rotatable bonds is 1. The Kier molecular flexibility index (Phi) is 2.25. The Hall–Kier alpha value is -0.890. The van der Waals surface area contributed by atoms with E-state index in [0.29, 0.717) is 11.1 Å². The van der Waals surface area contributed by atoms with Gasteiger partial charge in [-0.25, -0.2) is 4.39 Å². The molecule has 0 radical (unpaired) electrons. The highest BCUT2D eigenvalue weighted by atomic mass is 19.1. The highest BCUT2D eigenvalue weighted by molar-refractivity contribution is 5.24. The topological polar surface area (TPSA) is 20.2 Å². The lowest BCUT2D eigenvalue weighted by molar-refractivity contribution is 0.199. The molecule has 1 aromatic carbocycles. The van der Waals surface area contributed by atoms with Crippen LogP contribution in [0.5, 0.6) is 0 Å². The minimum absolute atomic E-state index is 0.261. The maximum atomic E-state index is 12.8. The average Bonchev–Trinajstić information content (AvgIpc) is 1.94. The SMILES string of the molecule is Cc1ccc([C@@H](C)O)cc1F. The lowest BCUT2D eigenvalue weighted by Gasteiger charge is -2.04. The monoisotopic (exact) mass is 154 g/mol. The minimum Gasteiger partial charge on any atom is -0.389 e. The van der Waals surface area contributed by atoms with Crippen molar-refractivity contribution in [2.24, 2.45) is 0 Å². The molecule has 11 heavy (non-hydrogen) atoms. The highest BCUT2D eigenvalue weighted by Crippen LogP contribution is 2.15. The zero-order chi connectivity index (χ0) is 8.43. The molecule has 1 atom stereocenters. The van der Waals surface area contributed by atoms with Crippen LogP contribution in [-0.2, 0) is 0 Å². The third kappa shape index (κ3) is 1.77. The summed E-state index contributed by atoms with van der Waals surface area (Å²) in [7, 11) is 0. The Bertz CT molecular complexity index is 256. The van der Waals surface area contributed by atoms with E-state index in [0.717, 1.165) is 0 Å². The molecule has 0 heterocycles. The van der Waals surface area contributed by atoms with E-state index in [1.165, 1.54) is 6.07 Å². The Balaban J connectivity index is 3.05. The van der Waals surface area contributed by atoms with E-state index in [1.807, 2.05) is 0 Å². The quantitative estimate of drug-likeness (QED) is 0.657. The minimum atomic E-state index is -0.593. The number of aliphatic hydroxyl groups excluding tert-OH is 1. The van der Waals surface area contributed by atoms with Crippen LogP contribution in [0, 0.1) is 12.7 Å². The van der Waals surface area contributed by atoms with Gasteiger partial charge >= 0.3 is 0 Å². The lowest BCUT2D eigenvalue weighted by Crippen LogP contribution is -1.92. The first-order valence-electron chi connectivity index (χ1n) is 3.55. The van der Waals surface area contributed by atoms with Crippen molar-refractivity contribution in [3.63, 3.8) is 0 Å². The number of benzene rings is 1. The van der Waals surface area contributed by atoms with Gasteiger partial charge in [0.05, 0.1) is 6.10 Å². The Morgan fingerprint density at radius 2 is 2.09 bits per heavy atom. The lowest BCUT2D eigenvalue weighted by atomic mass is 10.1. The van der Waals surface area contributed by atoms with Gasteiger partial charge in [-0.2, -0.15) is 0 Å². The van der Waals surface area contributed by atoms with Crippen LogP contribution in [0.25, 0.3) is 0 Å². The van der Waals surface area contributed by atoms with Gasteiger partial charge in [-0.3, -0.25) is 0 Å². The Morgan fingerprint density at radius 1 is 1.45 bits per heavy atom. The fourth-order valence-electron chi connectivity index (χ4n) is 0.869. The fraction of sp³-hybridized carbons (Fsp3) is 0.333. The van der Waals surface area contributed by atoms with E-state index >= 15 is 0 Å². The standard InChI is InChI=1S/C9H11FO/c1-6-3-4-8(7(2)11)5-9(6)10/h3-5,7,11H,1-2H3/t7-/m1/s1. The van der Waals surface area contributed by atoms with Gasteiger partial charge in [-0.05, 0) is 31.0 Å². The van der Waals surface area contributed by atoms with Crippen molar-refractivity contribution in [1.82, 2.24) is 0 Å². The second kappa shape index (κ2) is 3.01. The van der Waals surface area contributed by atoms with Crippen LogP contribution in [0.3, 0.4) is 0 Å². The van der Waals surface area contributed by atoms with E-state index in [-0.39, 0.29) is 5.82 Å². The molecule has 0 amide bonds. The molecule has 0 unspecified atom stereocenters. The molecule has 1 rings (SSSR count). The fourth-order valence-corrected chi connectivity index (χ4v) is 0.869. The van der Waals surface area contributed by atoms with E-state index in [1.54, 1.807) is 26.0 Å². The zero-order valence-corrected chi connectivity index (χ0v) is 6.63. The van der Waals surface area contributed by atoms with Crippen molar-refractivity contribution in [2.45, 2.75) is 20.0 Å². The average molecular weight is 154 g/mol. The van der Waals surface area contributed by atoms with E-state index in [4.69, 9.17) is 5.11 Å². The predicted octanol–water partition coefficient (Wildman–Crippen LogP) is 2.19. The predicted molar refractivity (Wildman–Crippen MR) is 41.8 cm³/mol. The zero-order valence-electron chi connectivity index (χ0n) is 6.63. The summed E-state index contributed by atoms with van der Waals surface area (Å²) in [5, 5.41) is 9.07. The molecule has 2 heteroatoms. The van der Waals surface area contributed by atoms with Crippen LogP contribution in [0.2, 0.25) is 0 Å². The van der Waals surface area contributed by atoms with Crippen LogP contribution in [-0.4, -0.2) is 5.11 Å². The van der Waals surface area contributed by atoms with Crippen molar-refractivity contribution >= 4 is 0 Å². The first-order chi connectivity index (χ1) is 5.11. The van der Waals surface area contributed by atoms with Crippen molar-refractivity contribution < 1.29 is 9.50 Å². The molecule has 1 aromatic rings. The second-order valence-electron chi connectivity index (χ2n) is 2.68. The van der Waals surface area contributed by atoms with Gasteiger partial charge in [0, 0.05) is 0 Å².